The Morgan fingerprint density at radius 2 is 1.53 bits per heavy atom. The van der Waals surface area contributed by atoms with E-state index >= 15 is 0 Å². The van der Waals surface area contributed by atoms with Crippen LogP contribution in [0, 0.1) is 0 Å². The van der Waals surface area contributed by atoms with Crippen molar-refractivity contribution in [3.8, 4) is 0 Å². The van der Waals surface area contributed by atoms with Gasteiger partial charge in [0.2, 0.25) is 0 Å². The highest BCUT2D eigenvalue weighted by Crippen LogP contribution is 2.08. The topological polar surface area (TPSA) is 24.5 Å². The summed E-state index contributed by atoms with van der Waals surface area (Å²) >= 11 is 0. The Balaban J connectivity index is 2.04. The predicted octanol–water partition coefficient (Wildman–Crippen LogP) is 3.05. The molecule has 0 aromatic rings. The Labute approximate surface area is 120 Å². The highest BCUT2D eigenvalue weighted by atomic mass is 16.5. The zero-order chi connectivity index (χ0) is 13.8. The van der Waals surface area contributed by atoms with Crippen LogP contribution in [0.4, 0.5) is 0 Å². The molecule has 19 heavy (non-hydrogen) atoms. The van der Waals surface area contributed by atoms with Crippen LogP contribution in [0.3, 0.4) is 0 Å². The molecule has 0 aromatic carbocycles. The molecule has 0 spiro atoms. The Morgan fingerprint density at radius 3 is 2.11 bits per heavy atom. The van der Waals surface area contributed by atoms with Crippen LogP contribution in [-0.4, -0.2) is 50.3 Å². The molecule has 1 saturated heterocycles. The van der Waals surface area contributed by atoms with Gasteiger partial charge in [0.05, 0.1) is 6.10 Å². The Kier molecular flexibility index (Phi) is 10.4. The van der Waals surface area contributed by atoms with Gasteiger partial charge >= 0.3 is 0 Å². The quantitative estimate of drug-likeness (QED) is 0.584. The van der Waals surface area contributed by atoms with Crippen LogP contribution in [0.2, 0.25) is 0 Å². The van der Waals surface area contributed by atoms with E-state index in [2.05, 4.69) is 24.1 Å². The first-order valence-electron chi connectivity index (χ1n) is 8.41. The molecule has 0 bridgehead atoms. The second-order valence-corrected chi connectivity index (χ2v) is 5.72. The number of hydrogen-bond donors (Lipinski definition) is 1. The fourth-order valence-corrected chi connectivity index (χ4v) is 2.60. The molecule has 1 rings (SSSR count). The fourth-order valence-electron chi connectivity index (χ4n) is 2.60. The summed E-state index contributed by atoms with van der Waals surface area (Å²) in [5, 5.41) is 3.38. The number of nitrogens with one attached hydrogen (secondary N) is 1. The van der Waals surface area contributed by atoms with Crippen LogP contribution >= 0.6 is 0 Å². The average molecular weight is 270 g/mol. The van der Waals surface area contributed by atoms with Crippen molar-refractivity contribution in [3.05, 3.63) is 0 Å². The first kappa shape index (κ1) is 16.9. The lowest BCUT2D eigenvalue weighted by molar-refractivity contribution is 0.0277. The Hall–Kier alpha value is -0.120. The van der Waals surface area contributed by atoms with Crippen LogP contribution in [0.5, 0.6) is 0 Å². The monoisotopic (exact) mass is 270 g/mol. The van der Waals surface area contributed by atoms with Gasteiger partial charge in [0, 0.05) is 13.2 Å². The van der Waals surface area contributed by atoms with Crippen LogP contribution in [0.15, 0.2) is 0 Å². The lowest BCUT2D eigenvalue weighted by Gasteiger charge is -2.25. The molecule has 0 unspecified atom stereocenters. The summed E-state index contributed by atoms with van der Waals surface area (Å²) in [6, 6.07) is 0. The molecule has 0 aliphatic carbocycles. The summed E-state index contributed by atoms with van der Waals surface area (Å²) in [5.74, 6) is 0. The average Bonchev–Trinajstić information content (AvgIpc) is 2.46. The summed E-state index contributed by atoms with van der Waals surface area (Å²) < 4.78 is 5.98. The number of hydrogen-bond acceptors (Lipinski definition) is 3. The van der Waals surface area contributed by atoms with Gasteiger partial charge in [0.1, 0.15) is 0 Å². The molecule has 0 aromatic heterocycles. The molecule has 3 nitrogen and oxygen atoms in total. The van der Waals surface area contributed by atoms with E-state index in [9.17, 15) is 0 Å². The van der Waals surface area contributed by atoms with Crippen molar-refractivity contribution in [3.63, 3.8) is 0 Å². The highest BCUT2D eigenvalue weighted by molar-refractivity contribution is 4.68. The van der Waals surface area contributed by atoms with Crippen LogP contribution in [-0.2, 0) is 4.74 Å². The highest BCUT2D eigenvalue weighted by Gasteiger charge is 2.12. The van der Waals surface area contributed by atoms with Gasteiger partial charge in [-0.05, 0) is 58.3 Å². The van der Waals surface area contributed by atoms with Gasteiger partial charge in [0.25, 0.3) is 0 Å². The van der Waals surface area contributed by atoms with Crippen LogP contribution in [0.25, 0.3) is 0 Å². The molecular formula is C16H34N2O. The standard InChI is InChI=1S/C16H34N2O/c1-3-5-12-18(13-6-4-2)14-7-15-19-16-8-10-17-11-9-16/h16-17H,3-15H2,1-2H3. The lowest BCUT2D eigenvalue weighted by atomic mass is 10.1. The normalized spacial score (nSPS) is 17.2. The number of piperidine rings is 1. The molecule has 114 valence electrons. The van der Waals surface area contributed by atoms with Crippen molar-refractivity contribution in [1.82, 2.24) is 10.2 Å². The van der Waals surface area contributed by atoms with Crippen molar-refractivity contribution in [2.24, 2.45) is 0 Å². The molecule has 1 heterocycles. The third kappa shape index (κ3) is 8.61. The van der Waals surface area contributed by atoms with Crippen molar-refractivity contribution in [2.75, 3.05) is 39.3 Å². The van der Waals surface area contributed by atoms with Gasteiger partial charge < -0.3 is 15.0 Å². The molecule has 0 radical (unpaired) electrons. The maximum Gasteiger partial charge on any atom is 0.0599 e. The molecule has 1 N–H and O–H groups in total. The molecule has 0 atom stereocenters. The number of nitrogens with zero attached hydrogens (tertiary/aromatic N) is 1. The summed E-state index contributed by atoms with van der Waals surface area (Å²) in [6.45, 7) is 11.5. The first-order chi connectivity index (χ1) is 9.36. The maximum absolute atomic E-state index is 5.98. The lowest BCUT2D eigenvalue weighted by Crippen LogP contribution is -2.33. The molecular weight excluding hydrogens is 236 g/mol. The summed E-state index contributed by atoms with van der Waals surface area (Å²) in [4.78, 5) is 2.62. The third-order valence-corrected chi connectivity index (χ3v) is 3.91. The van der Waals surface area contributed by atoms with Crippen molar-refractivity contribution in [2.45, 2.75) is 64.9 Å². The molecule has 1 aliphatic heterocycles. The SMILES string of the molecule is CCCCN(CCCC)CCCOC1CCNCC1. The van der Waals surface area contributed by atoms with E-state index in [1.807, 2.05) is 0 Å². The first-order valence-corrected chi connectivity index (χ1v) is 8.41. The van der Waals surface area contributed by atoms with Gasteiger partial charge in [-0.15, -0.1) is 0 Å². The second-order valence-electron chi connectivity index (χ2n) is 5.72. The zero-order valence-electron chi connectivity index (χ0n) is 13.1. The van der Waals surface area contributed by atoms with Gasteiger partial charge in [-0.2, -0.15) is 0 Å². The van der Waals surface area contributed by atoms with E-state index in [1.54, 1.807) is 0 Å². The minimum absolute atomic E-state index is 0.515. The molecule has 1 fully saturated rings. The maximum atomic E-state index is 5.98. The molecule has 3 heteroatoms. The Bertz CT molecular complexity index is 185. The largest absolute Gasteiger partial charge is 0.378 e. The zero-order valence-corrected chi connectivity index (χ0v) is 13.1. The van der Waals surface area contributed by atoms with Gasteiger partial charge in [0.15, 0.2) is 0 Å². The third-order valence-electron chi connectivity index (χ3n) is 3.91. The van der Waals surface area contributed by atoms with E-state index in [-0.39, 0.29) is 0 Å². The van der Waals surface area contributed by atoms with Crippen molar-refractivity contribution >= 4 is 0 Å². The summed E-state index contributed by atoms with van der Waals surface area (Å²) in [6.07, 6.45) is 9.35. The van der Waals surface area contributed by atoms with Crippen molar-refractivity contribution in [1.29, 1.82) is 0 Å². The molecule has 1 aliphatic rings. The number of ether oxygens (including phenoxy) is 1. The summed E-state index contributed by atoms with van der Waals surface area (Å²) in [7, 11) is 0. The minimum atomic E-state index is 0.515. The van der Waals surface area contributed by atoms with Crippen LogP contribution < -0.4 is 5.32 Å². The van der Waals surface area contributed by atoms with E-state index in [0.29, 0.717) is 6.10 Å². The Morgan fingerprint density at radius 1 is 0.947 bits per heavy atom. The van der Waals surface area contributed by atoms with Gasteiger partial charge in [-0.25, -0.2) is 0 Å². The summed E-state index contributed by atoms with van der Waals surface area (Å²) in [5.41, 5.74) is 0. The van der Waals surface area contributed by atoms with Crippen molar-refractivity contribution < 1.29 is 4.74 Å². The van der Waals surface area contributed by atoms with Gasteiger partial charge in [-0.1, -0.05) is 26.7 Å². The molecule has 0 saturated carbocycles. The van der Waals surface area contributed by atoms with E-state index in [1.165, 1.54) is 64.6 Å². The predicted molar refractivity (Wildman–Crippen MR) is 82.7 cm³/mol. The number of rotatable bonds is 11. The minimum Gasteiger partial charge on any atom is -0.378 e. The smallest absolute Gasteiger partial charge is 0.0599 e. The van der Waals surface area contributed by atoms with E-state index < -0.39 is 0 Å². The van der Waals surface area contributed by atoms with Crippen LogP contribution in [0.1, 0.15) is 58.8 Å². The van der Waals surface area contributed by atoms with E-state index in [4.69, 9.17) is 4.74 Å². The molecule has 0 amide bonds. The van der Waals surface area contributed by atoms with E-state index in [0.717, 1.165) is 19.7 Å². The second kappa shape index (κ2) is 11.7. The van der Waals surface area contributed by atoms with Gasteiger partial charge in [-0.3, -0.25) is 0 Å². The number of unbranched alkanes of at least 4 members (excludes halogenated alkanes) is 2. The fraction of sp³-hybridized carbons (Fsp3) is 1.00.